The van der Waals surface area contributed by atoms with Gasteiger partial charge in [0.15, 0.2) is 5.96 Å². The third kappa shape index (κ3) is 6.56. The van der Waals surface area contributed by atoms with Crippen molar-refractivity contribution in [3.05, 3.63) is 106 Å². The molecule has 0 saturated carbocycles. The summed E-state index contributed by atoms with van der Waals surface area (Å²) in [7, 11) is 1.84. The lowest BCUT2D eigenvalue weighted by molar-refractivity contribution is 0.0906. The molecule has 6 heteroatoms. The van der Waals surface area contributed by atoms with Crippen LogP contribution in [0.25, 0.3) is 0 Å². The van der Waals surface area contributed by atoms with Crippen LogP contribution in [-0.2, 0) is 24.4 Å². The number of rotatable bonds is 8. The molecule has 0 amide bonds. The van der Waals surface area contributed by atoms with Gasteiger partial charge >= 0.3 is 0 Å². The van der Waals surface area contributed by atoms with E-state index in [-0.39, 0.29) is 5.56 Å². The van der Waals surface area contributed by atoms with Gasteiger partial charge in [0.2, 0.25) is 0 Å². The zero-order valence-electron chi connectivity index (χ0n) is 19.2. The van der Waals surface area contributed by atoms with E-state index in [9.17, 15) is 4.79 Å². The Hall–Kier alpha value is -3.38. The SMILES string of the molecule is CN=C(NCc1ccc(Cn2ccccc2=O)cc1)N1CCC(COCc2ccccc2)C1. The van der Waals surface area contributed by atoms with Gasteiger partial charge in [0.25, 0.3) is 5.56 Å². The summed E-state index contributed by atoms with van der Waals surface area (Å²) in [6.07, 6.45) is 2.93. The van der Waals surface area contributed by atoms with Crippen LogP contribution in [0.2, 0.25) is 0 Å². The number of benzene rings is 2. The van der Waals surface area contributed by atoms with E-state index in [1.807, 2.05) is 37.5 Å². The number of nitrogens with zero attached hydrogens (tertiary/aromatic N) is 3. The second-order valence-corrected chi connectivity index (χ2v) is 8.49. The number of ether oxygens (including phenoxy) is 1. The largest absolute Gasteiger partial charge is 0.376 e. The van der Waals surface area contributed by atoms with E-state index in [0.717, 1.165) is 37.6 Å². The molecule has 0 radical (unpaired) electrons. The highest BCUT2D eigenvalue weighted by atomic mass is 16.5. The maximum absolute atomic E-state index is 11.9. The van der Waals surface area contributed by atoms with Crippen molar-refractivity contribution < 1.29 is 4.74 Å². The number of aliphatic imine (C=N–C) groups is 1. The molecular weight excluding hydrogens is 412 g/mol. The fourth-order valence-electron chi connectivity index (χ4n) is 4.14. The van der Waals surface area contributed by atoms with E-state index in [0.29, 0.717) is 25.6 Å². The van der Waals surface area contributed by atoms with Gasteiger partial charge in [-0.05, 0) is 29.2 Å². The first-order valence-corrected chi connectivity index (χ1v) is 11.5. The van der Waals surface area contributed by atoms with Crippen molar-refractivity contribution >= 4 is 5.96 Å². The summed E-state index contributed by atoms with van der Waals surface area (Å²) in [5.74, 6) is 1.45. The highest BCUT2D eigenvalue weighted by Crippen LogP contribution is 2.17. The monoisotopic (exact) mass is 444 g/mol. The zero-order valence-corrected chi connectivity index (χ0v) is 19.2. The standard InChI is InChI=1S/C27H32N4O2/c1-28-27(31-16-14-25(19-31)21-33-20-24-7-3-2-4-8-24)29-17-22-10-12-23(13-11-22)18-30-15-6-5-9-26(30)32/h2-13,15,25H,14,16-21H2,1H3,(H,28,29). The van der Waals surface area contributed by atoms with E-state index in [1.165, 1.54) is 11.1 Å². The Morgan fingerprint density at radius 3 is 2.52 bits per heavy atom. The second-order valence-electron chi connectivity index (χ2n) is 8.49. The fraction of sp³-hybridized carbons (Fsp3) is 0.333. The highest BCUT2D eigenvalue weighted by molar-refractivity contribution is 5.80. The molecular formula is C27H32N4O2. The quantitative estimate of drug-likeness (QED) is 0.427. The normalized spacial score (nSPS) is 16.2. The van der Waals surface area contributed by atoms with E-state index < -0.39 is 0 Å². The molecule has 2 aromatic carbocycles. The molecule has 1 saturated heterocycles. The van der Waals surface area contributed by atoms with Crippen LogP contribution in [0, 0.1) is 5.92 Å². The number of nitrogens with one attached hydrogen (secondary N) is 1. The van der Waals surface area contributed by atoms with Crippen LogP contribution in [0.15, 0.2) is 88.8 Å². The Labute approximate surface area is 195 Å². The maximum Gasteiger partial charge on any atom is 0.250 e. The molecule has 1 aromatic heterocycles. The predicted molar refractivity (Wildman–Crippen MR) is 132 cm³/mol. The molecule has 2 heterocycles. The van der Waals surface area contributed by atoms with Crippen LogP contribution in [0.5, 0.6) is 0 Å². The van der Waals surface area contributed by atoms with Gasteiger partial charge in [0.05, 0.1) is 19.8 Å². The Morgan fingerprint density at radius 2 is 1.76 bits per heavy atom. The van der Waals surface area contributed by atoms with E-state index in [4.69, 9.17) is 4.74 Å². The van der Waals surface area contributed by atoms with Crippen LogP contribution >= 0.6 is 0 Å². The van der Waals surface area contributed by atoms with Gasteiger partial charge < -0.3 is 19.5 Å². The molecule has 1 N–H and O–H groups in total. The van der Waals surface area contributed by atoms with E-state index in [1.54, 1.807) is 16.7 Å². The van der Waals surface area contributed by atoms with Crippen molar-refractivity contribution in [2.45, 2.75) is 26.1 Å². The number of guanidine groups is 1. The minimum absolute atomic E-state index is 0.0152. The molecule has 1 aliphatic rings. The van der Waals surface area contributed by atoms with Gasteiger partial charge in [-0.15, -0.1) is 0 Å². The lowest BCUT2D eigenvalue weighted by Crippen LogP contribution is -2.39. The topological polar surface area (TPSA) is 58.9 Å². The predicted octanol–water partition coefficient (Wildman–Crippen LogP) is 3.51. The lowest BCUT2D eigenvalue weighted by Gasteiger charge is -2.22. The zero-order chi connectivity index (χ0) is 22.9. The average molecular weight is 445 g/mol. The summed E-state index contributed by atoms with van der Waals surface area (Å²) in [5.41, 5.74) is 3.52. The summed E-state index contributed by atoms with van der Waals surface area (Å²) in [4.78, 5) is 18.7. The van der Waals surface area contributed by atoms with Crippen LogP contribution in [0.3, 0.4) is 0 Å². The molecule has 6 nitrogen and oxygen atoms in total. The third-order valence-electron chi connectivity index (χ3n) is 5.99. The lowest BCUT2D eigenvalue weighted by atomic mass is 10.1. The van der Waals surface area contributed by atoms with E-state index >= 15 is 0 Å². The first-order chi connectivity index (χ1) is 16.2. The Balaban J connectivity index is 1.22. The molecule has 172 valence electrons. The summed E-state index contributed by atoms with van der Waals surface area (Å²) >= 11 is 0. The van der Waals surface area contributed by atoms with Crippen molar-refractivity contribution in [3.63, 3.8) is 0 Å². The summed E-state index contributed by atoms with van der Waals surface area (Å²) in [6, 6.07) is 23.9. The van der Waals surface area contributed by atoms with Crippen molar-refractivity contribution in [2.75, 3.05) is 26.7 Å². The van der Waals surface area contributed by atoms with Crippen molar-refractivity contribution in [3.8, 4) is 0 Å². The molecule has 4 rings (SSSR count). The molecule has 0 bridgehead atoms. The van der Waals surface area contributed by atoms with Crippen LogP contribution in [0.1, 0.15) is 23.1 Å². The van der Waals surface area contributed by atoms with Crippen LogP contribution in [-0.4, -0.2) is 42.2 Å². The number of hydrogen-bond donors (Lipinski definition) is 1. The molecule has 33 heavy (non-hydrogen) atoms. The number of aromatic nitrogens is 1. The molecule has 3 aromatic rings. The Bertz CT molecular complexity index is 1090. The van der Waals surface area contributed by atoms with Gasteiger partial charge in [-0.2, -0.15) is 0 Å². The average Bonchev–Trinajstić information content (AvgIpc) is 3.31. The van der Waals surface area contributed by atoms with Crippen molar-refractivity contribution in [1.29, 1.82) is 0 Å². The Kier molecular flexibility index (Phi) is 7.93. The first-order valence-electron chi connectivity index (χ1n) is 11.5. The minimum Gasteiger partial charge on any atom is -0.376 e. The summed E-state index contributed by atoms with van der Waals surface area (Å²) in [6.45, 7) is 4.68. The Morgan fingerprint density at radius 1 is 1.00 bits per heavy atom. The second kappa shape index (κ2) is 11.5. The molecule has 1 aliphatic heterocycles. The van der Waals surface area contributed by atoms with Gasteiger partial charge in [-0.25, -0.2) is 0 Å². The molecule has 1 unspecified atom stereocenters. The fourth-order valence-corrected chi connectivity index (χ4v) is 4.14. The molecule has 0 spiro atoms. The van der Waals surface area contributed by atoms with Gasteiger partial charge in [0, 0.05) is 44.9 Å². The van der Waals surface area contributed by atoms with Crippen LogP contribution in [0.4, 0.5) is 0 Å². The third-order valence-corrected chi connectivity index (χ3v) is 5.99. The number of likely N-dealkylation sites (tertiary alicyclic amines) is 1. The molecule has 1 fully saturated rings. The molecule has 1 atom stereocenters. The van der Waals surface area contributed by atoms with Gasteiger partial charge in [-0.3, -0.25) is 9.79 Å². The van der Waals surface area contributed by atoms with Crippen molar-refractivity contribution in [1.82, 2.24) is 14.8 Å². The van der Waals surface area contributed by atoms with Gasteiger partial charge in [-0.1, -0.05) is 60.7 Å². The van der Waals surface area contributed by atoms with Crippen molar-refractivity contribution in [2.24, 2.45) is 10.9 Å². The minimum atomic E-state index is 0.0152. The van der Waals surface area contributed by atoms with Crippen LogP contribution < -0.4 is 10.9 Å². The first kappa shape index (κ1) is 22.8. The summed E-state index contributed by atoms with van der Waals surface area (Å²) < 4.78 is 7.66. The number of hydrogen-bond acceptors (Lipinski definition) is 3. The smallest absolute Gasteiger partial charge is 0.250 e. The van der Waals surface area contributed by atoms with E-state index in [2.05, 4.69) is 51.6 Å². The highest BCUT2D eigenvalue weighted by Gasteiger charge is 2.24. The summed E-state index contributed by atoms with van der Waals surface area (Å²) in [5, 5.41) is 3.49. The molecule has 0 aliphatic carbocycles. The maximum atomic E-state index is 11.9. The number of pyridine rings is 1. The van der Waals surface area contributed by atoms with Gasteiger partial charge in [0.1, 0.15) is 0 Å².